The molecule has 0 amide bonds. The van der Waals surface area contributed by atoms with Gasteiger partial charge in [0, 0.05) is 18.1 Å². The summed E-state index contributed by atoms with van der Waals surface area (Å²) in [5.74, 6) is 0.824. The standard InChI is InChI=1S/C13H14N2O2/c1-8-7-10-9(13(16)14-8)3-4-11-12(10)17-6-5-15(11)2/h3-4,7H,5-6H2,1-2H3,(H,14,16). The van der Waals surface area contributed by atoms with Crippen LogP contribution in [-0.4, -0.2) is 25.2 Å². The predicted octanol–water partition coefficient (Wildman–Crippen LogP) is 1.67. The van der Waals surface area contributed by atoms with E-state index in [-0.39, 0.29) is 5.56 Å². The fraction of sp³-hybridized carbons (Fsp3) is 0.308. The zero-order chi connectivity index (χ0) is 12.0. The van der Waals surface area contributed by atoms with Crippen molar-refractivity contribution in [2.45, 2.75) is 6.92 Å². The zero-order valence-corrected chi connectivity index (χ0v) is 9.91. The number of fused-ring (bicyclic) bond motifs is 3. The lowest BCUT2D eigenvalue weighted by molar-refractivity contribution is 0.315. The Morgan fingerprint density at radius 3 is 3.00 bits per heavy atom. The normalized spacial score (nSPS) is 14.6. The molecule has 0 saturated heterocycles. The summed E-state index contributed by atoms with van der Waals surface area (Å²) in [4.78, 5) is 16.8. The molecule has 1 aliphatic heterocycles. The summed E-state index contributed by atoms with van der Waals surface area (Å²) in [5, 5.41) is 1.58. The number of aromatic amines is 1. The number of ether oxygens (including phenoxy) is 1. The highest BCUT2D eigenvalue weighted by molar-refractivity contribution is 5.93. The first kappa shape index (κ1) is 10.2. The molecule has 0 bridgehead atoms. The second-order valence-corrected chi connectivity index (χ2v) is 4.43. The van der Waals surface area contributed by atoms with Crippen molar-refractivity contribution in [2.75, 3.05) is 25.1 Å². The van der Waals surface area contributed by atoms with Crippen LogP contribution < -0.4 is 15.2 Å². The van der Waals surface area contributed by atoms with Crippen molar-refractivity contribution in [3.8, 4) is 5.75 Å². The lowest BCUT2D eigenvalue weighted by Gasteiger charge is -2.28. The van der Waals surface area contributed by atoms with Crippen molar-refractivity contribution in [3.05, 3.63) is 34.2 Å². The van der Waals surface area contributed by atoms with Gasteiger partial charge in [-0.3, -0.25) is 4.79 Å². The molecule has 1 aromatic carbocycles. The number of benzene rings is 1. The van der Waals surface area contributed by atoms with E-state index < -0.39 is 0 Å². The molecule has 0 unspecified atom stereocenters. The maximum Gasteiger partial charge on any atom is 0.256 e. The Morgan fingerprint density at radius 2 is 2.18 bits per heavy atom. The van der Waals surface area contributed by atoms with Crippen LogP contribution >= 0.6 is 0 Å². The third-order valence-electron chi connectivity index (χ3n) is 3.18. The molecule has 0 radical (unpaired) electrons. The SMILES string of the molecule is Cc1cc2c3c(ccc2c(=O)[nH]1)N(C)CCO3. The van der Waals surface area contributed by atoms with Gasteiger partial charge in [-0.25, -0.2) is 0 Å². The topological polar surface area (TPSA) is 45.3 Å². The minimum absolute atomic E-state index is 0.0559. The van der Waals surface area contributed by atoms with Crippen LogP contribution in [0.15, 0.2) is 23.0 Å². The summed E-state index contributed by atoms with van der Waals surface area (Å²) in [6, 6.07) is 5.77. The Hall–Kier alpha value is -1.97. The van der Waals surface area contributed by atoms with Crippen LogP contribution in [0.4, 0.5) is 5.69 Å². The number of aromatic nitrogens is 1. The van der Waals surface area contributed by atoms with Gasteiger partial charge in [0.25, 0.3) is 5.56 Å². The summed E-state index contributed by atoms with van der Waals surface area (Å²) in [6.45, 7) is 3.42. The van der Waals surface area contributed by atoms with E-state index >= 15 is 0 Å². The van der Waals surface area contributed by atoms with Gasteiger partial charge in [-0.05, 0) is 25.1 Å². The first-order chi connectivity index (χ1) is 8.16. The summed E-state index contributed by atoms with van der Waals surface area (Å²) in [5.41, 5.74) is 1.85. The van der Waals surface area contributed by atoms with Crippen molar-refractivity contribution < 1.29 is 4.74 Å². The molecular formula is C13H14N2O2. The number of hydrogen-bond donors (Lipinski definition) is 1. The number of rotatable bonds is 0. The quantitative estimate of drug-likeness (QED) is 0.748. The number of H-pyrrole nitrogens is 1. The number of nitrogens with zero attached hydrogens (tertiary/aromatic N) is 1. The maximum atomic E-state index is 11.8. The van der Waals surface area contributed by atoms with Crippen LogP contribution in [0.25, 0.3) is 10.8 Å². The molecular weight excluding hydrogens is 216 g/mol. The molecule has 0 fully saturated rings. The fourth-order valence-corrected chi connectivity index (χ4v) is 2.29. The first-order valence-corrected chi connectivity index (χ1v) is 5.67. The van der Waals surface area contributed by atoms with Crippen molar-refractivity contribution in [1.29, 1.82) is 0 Å². The maximum absolute atomic E-state index is 11.8. The van der Waals surface area contributed by atoms with Gasteiger partial charge in [-0.1, -0.05) is 0 Å². The van der Waals surface area contributed by atoms with Crippen LogP contribution in [0, 0.1) is 6.92 Å². The second-order valence-electron chi connectivity index (χ2n) is 4.43. The van der Waals surface area contributed by atoms with Crippen LogP contribution in [0.1, 0.15) is 5.69 Å². The largest absolute Gasteiger partial charge is 0.489 e. The number of anilines is 1. The number of nitrogens with one attached hydrogen (secondary N) is 1. The van der Waals surface area contributed by atoms with E-state index in [2.05, 4.69) is 9.88 Å². The van der Waals surface area contributed by atoms with Gasteiger partial charge in [0.1, 0.15) is 6.61 Å². The molecule has 1 N–H and O–H groups in total. The molecule has 4 heteroatoms. The lowest BCUT2D eigenvalue weighted by atomic mass is 10.1. The van der Waals surface area contributed by atoms with Gasteiger partial charge < -0.3 is 14.6 Å². The molecule has 88 valence electrons. The Bertz CT molecular complexity index is 646. The molecule has 0 saturated carbocycles. The molecule has 4 nitrogen and oxygen atoms in total. The minimum Gasteiger partial charge on any atom is -0.489 e. The number of pyridine rings is 1. The van der Waals surface area contributed by atoms with Crippen LogP contribution in [0.5, 0.6) is 5.75 Å². The van der Waals surface area contributed by atoms with Gasteiger partial charge in [0.05, 0.1) is 17.6 Å². The monoisotopic (exact) mass is 230 g/mol. The zero-order valence-electron chi connectivity index (χ0n) is 9.91. The van der Waals surface area contributed by atoms with E-state index in [9.17, 15) is 4.79 Å². The Morgan fingerprint density at radius 1 is 1.35 bits per heavy atom. The van der Waals surface area contributed by atoms with Crippen LogP contribution in [0.2, 0.25) is 0 Å². The first-order valence-electron chi connectivity index (χ1n) is 5.67. The van der Waals surface area contributed by atoms with Crippen molar-refractivity contribution >= 4 is 16.5 Å². The van der Waals surface area contributed by atoms with Gasteiger partial charge >= 0.3 is 0 Å². The van der Waals surface area contributed by atoms with Gasteiger partial charge in [0.2, 0.25) is 0 Å². The molecule has 17 heavy (non-hydrogen) atoms. The lowest BCUT2D eigenvalue weighted by Crippen LogP contribution is -2.29. The molecule has 1 aromatic heterocycles. The van der Waals surface area contributed by atoms with E-state index in [0.29, 0.717) is 12.0 Å². The third-order valence-corrected chi connectivity index (χ3v) is 3.18. The highest BCUT2D eigenvalue weighted by Crippen LogP contribution is 2.36. The average molecular weight is 230 g/mol. The summed E-state index contributed by atoms with van der Waals surface area (Å²) >= 11 is 0. The minimum atomic E-state index is -0.0559. The van der Waals surface area contributed by atoms with Crippen molar-refractivity contribution in [2.24, 2.45) is 0 Å². The summed E-state index contributed by atoms with van der Waals surface area (Å²) < 4.78 is 5.72. The molecule has 3 rings (SSSR count). The van der Waals surface area contributed by atoms with Gasteiger partial charge in [-0.2, -0.15) is 0 Å². The number of likely N-dealkylation sites (N-methyl/N-ethyl adjacent to an activating group) is 1. The molecule has 2 heterocycles. The molecule has 0 atom stereocenters. The van der Waals surface area contributed by atoms with Gasteiger partial charge in [-0.15, -0.1) is 0 Å². The van der Waals surface area contributed by atoms with Gasteiger partial charge in [0.15, 0.2) is 5.75 Å². The Labute approximate surface area is 98.8 Å². The third kappa shape index (κ3) is 1.48. The van der Waals surface area contributed by atoms with E-state index in [1.807, 2.05) is 32.2 Å². The molecule has 0 aliphatic carbocycles. The van der Waals surface area contributed by atoms with E-state index in [0.717, 1.165) is 29.1 Å². The van der Waals surface area contributed by atoms with Crippen molar-refractivity contribution in [1.82, 2.24) is 4.98 Å². The smallest absolute Gasteiger partial charge is 0.256 e. The fourth-order valence-electron chi connectivity index (χ4n) is 2.29. The summed E-state index contributed by atoms with van der Waals surface area (Å²) in [6.07, 6.45) is 0. The van der Waals surface area contributed by atoms with Crippen LogP contribution in [0.3, 0.4) is 0 Å². The predicted molar refractivity (Wildman–Crippen MR) is 68.1 cm³/mol. The van der Waals surface area contributed by atoms with E-state index in [4.69, 9.17) is 4.74 Å². The number of aryl methyl sites for hydroxylation is 1. The average Bonchev–Trinajstić information content (AvgIpc) is 2.29. The van der Waals surface area contributed by atoms with Crippen LogP contribution in [-0.2, 0) is 0 Å². The molecule has 1 aliphatic rings. The molecule has 0 spiro atoms. The Balaban J connectivity index is 2.41. The highest BCUT2D eigenvalue weighted by atomic mass is 16.5. The molecule has 2 aromatic rings. The second kappa shape index (κ2) is 3.52. The van der Waals surface area contributed by atoms with E-state index in [1.54, 1.807) is 0 Å². The highest BCUT2D eigenvalue weighted by Gasteiger charge is 2.18. The van der Waals surface area contributed by atoms with E-state index in [1.165, 1.54) is 0 Å². The number of hydrogen-bond acceptors (Lipinski definition) is 3. The Kier molecular flexibility index (Phi) is 2.11. The van der Waals surface area contributed by atoms with Crippen molar-refractivity contribution in [3.63, 3.8) is 0 Å². The summed E-state index contributed by atoms with van der Waals surface area (Å²) in [7, 11) is 2.03.